The van der Waals surface area contributed by atoms with Crippen molar-refractivity contribution in [2.75, 3.05) is 11.9 Å². The largest absolute Gasteiger partial charge is 0.385 e. The van der Waals surface area contributed by atoms with Crippen LogP contribution in [0.5, 0.6) is 0 Å². The van der Waals surface area contributed by atoms with E-state index in [4.69, 9.17) is 0 Å². The van der Waals surface area contributed by atoms with Crippen molar-refractivity contribution in [3.8, 4) is 0 Å². The zero-order chi connectivity index (χ0) is 9.10. The average Bonchev–Trinajstić information content (AvgIpc) is 2.01. The van der Waals surface area contributed by atoms with Gasteiger partial charge in [0.1, 0.15) is 0 Å². The van der Waals surface area contributed by atoms with Gasteiger partial charge in [0.05, 0.1) is 0 Å². The Hall–Kier alpha value is -0.250. The molecule has 1 saturated carbocycles. The minimum atomic E-state index is 0.929. The molecule has 0 heterocycles. The van der Waals surface area contributed by atoms with Crippen LogP contribution in [0, 0.1) is 9.49 Å². The lowest BCUT2D eigenvalue weighted by Gasteiger charge is -2.25. The Morgan fingerprint density at radius 2 is 2.23 bits per heavy atom. The van der Waals surface area contributed by atoms with E-state index in [0.29, 0.717) is 0 Å². The zero-order valence-electron chi connectivity index (χ0n) is 7.59. The van der Waals surface area contributed by atoms with Crippen molar-refractivity contribution >= 4 is 28.3 Å². The molecule has 2 rings (SSSR count). The fourth-order valence-electron chi connectivity index (χ4n) is 1.56. The van der Waals surface area contributed by atoms with Crippen LogP contribution in [0.15, 0.2) is 24.3 Å². The van der Waals surface area contributed by atoms with Gasteiger partial charge in [-0.3, -0.25) is 0 Å². The lowest BCUT2D eigenvalue weighted by atomic mass is 9.85. The molecule has 0 radical (unpaired) electrons. The molecule has 2 heteroatoms. The van der Waals surface area contributed by atoms with Crippen LogP contribution in [0.4, 0.5) is 5.69 Å². The van der Waals surface area contributed by atoms with Gasteiger partial charge in [0.25, 0.3) is 0 Å². The molecule has 0 aliphatic heterocycles. The van der Waals surface area contributed by atoms with Crippen LogP contribution in [-0.4, -0.2) is 6.54 Å². The van der Waals surface area contributed by atoms with Gasteiger partial charge in [0.15, 0.2) is 0 Å². The monoisotopic (exact) mass is 287 g/mol. The van der Waals surface area contributed by atoms with Crippen LogP contribution in [-0.2, 0) is 0 Å². The SMILES string of the molecule is Ic1cccc(NCC2CCC2)c1. The Morgan fingerprint density at radius 1 is 1.38 bits per heavy atom. The van der Waals surface area contributed by atoms with E-state index >= 15 is 0 Å². The number of benzene rings is 1. The van der Waals surface area contributed by atoms with Crippen molar-refractivity contribution in [2.24, 2.45) is 5.92 Å². The highest BCUT2D eigenvalue weighted by atomic mass is 127. The Kier molecular flexibility index (Phi) is 3.09. The second kappa shape index (κ2) is 4.31. The van der Waals surface area contributed by atoms with Crippen LogP contribution in [0.25, 0.3) is 0 Å². The lowest BCUT2D eigenvalue weighted by molar-refractivity contribution is 0.333. The predicted molar refractivity (Wildman–Crippen MR) is 65.0 cm³/mol. The van der Waals surface area contributed by atoms with Gasteiger partial charge in [-0.15, -0.1) is 0 Å². The van der Waals surface area contributed by atoms with Crippen molar-refractivity contribution < 1.29 is 0 Å². The van der Waals surface area contributed by atoms with Crippen LogP contribution in [0.2, 0.25) is 0 Å². The van der Waals surface area contributed by atoms with E-state index in [1.54, 1.807) is 0 Å². The molecule has 1 nitrogen and oxygen atoms in total. The zero-order valence-corrected chi connectivity index (χ0v) is 9.75. The second-order valence-electron chi connectivity index (χ2n) is 3.69. The summed E-state index contributed by atoms with van der Waals surface area (Å²) in [5.41, 5.74) is 1.26. The molecule has 1 aromatic rings. The van der Waals surface area contributed by atoms with Gasteiger partial charge in [0.2, 0.25) is 0 Å². The summed E-state index contributed by atoms with van der Waals surface area (Å²) in [7, 11) is 0. The molecule has 1 N–H and O–H groups in total. The minimum absolute atomic E-state index is 0.929. The van der Waals surface area contributed by atoms with Crippen molar-refractivity contribution in [3.05, 3.63) is 27.8 Å². The molecule has 0 spiro atoms. The number of hydrogen-bond donors (Lipinski definition) is 1. The molecule has 0 aromatic heterocycles. The van der Waals surface area contributed by atoms with Gasteiger partial charge in [0, 0.05) is 15.8 Å². The highest BCUT2D eigenvalue weighted by Crippen LogP contribution is 2.26. The van der Waals surface area contributed by atoms with E-state index in [9.17, 15) is 0 Å². The summed E-state index contributed by atoms with van der Waals surface area (Å²) < 4.78 is 1.30. The Morgan fingerprint density at radius 3 is 2.85 bits per heavy atom. The summed E-state index contributed by atoms with van der Waals surface area (Å²) in [6.07, 6.45) is 4.26. The van der Waals surface area contributed by atoms with Crippen LogP contribution in [0.1, 0.15) is 19.3 Å². The Labute approximate surface area is 93.1 Å². The van der Waals surface area contributed by atoms with Crippen molar-refractivity contribution in [1.29, 1.82) is 0 Å². The van der Waals surface area contributed by atoms with Crippen molar-refractivity contribution in [1.82, 2.24) is 0 Å². The number of anilines is 1. The highest BCUT2D eigenvalue weighted by molar-refractivity contribution is 14.1. The molecule has 13 heavy (non-hydrogen) atoms. The summed E-state index contributed by atoms with van der Waals surface area (Å²) in [4.78, 5) is 0. The molecule has 1 aliphatic rings. The quantitative estimate of drug-likeness (QED) is 0.839. The van der Waals surface area contributed by atoms with Crippen molar-refractivity contribution in [3.63, 3.8) is 0 Å². The van der Waals surface area contributed by atoms with Gasteiger partial charge in [-0.05, 0) is 59.5 Å². The van der Waals surface area contributed by atoms with Gasteiger partial charge in [-0.25, -0.2) is 0 Å². The van der Waals surface area contributed by atoms with Gasteiger partial charge >= 0.3 is 0 Å². The van der Waals surface area contributed by atoms with E-state index in [1.807, 2.05) is 0 Å². The highest BCUT2D eigenvalue weighted by Gasteiger charge is 2.16. The Bertz CT molecular complexity index is 281. The summed E-state index contributed by atoms with van der Waals surface area (Å²) >= 11 is 2.35. The van der Waals surface area contributed by atoms with Gasteiger partial charge < -0.3 is 5.32 Å². The summed E-state index contributed by atoms with van der Waals surface area (Å²) in [5.74, 6) is 0.929. The third kappa shape index (κ3) is 2.59. The number of rotatable bonds is 3. The molecule has 0 unspecified atom stereocenters. The van der Waals surface area contributed by atoms with E-state index in [2.05, 4.69) is 52.2 Å². The lowest BCUT2D eigenvalue weighted by Crippen LogP contribution is -2.20. The number of hydrogen-bond acceptors (Lipinski definition) is 1. The Balaban J connectivity index is 1.86. The molecule has 0 amide bonds. The number of halogens is 1. The van der Waals surface area contributed by atoms with Crippen LogP contribution < -0.4 is 5.32 Å². The topological polar surface area (TPSA) is 12.0 Å². The number of nitrogens with one attached hydrogen (secondary N) is 1. The maximum absolute atomic E-state index is 3.48. The normalized spacial score (nSPS) is 16.7. The van der Waals surface area contributed by atoms with Crippen molar-refractivity contribution in [2.45, 2.75) is 19.3 Å². The third-order valence-corrected chi connectivity index (χ3v) is 3.32. The van der Waals surface area contributed by atoms with E-state index in [1.165, 1.54) is 28.5 Å². The van der Waals surface area contributed by atoms with E-state index < -0.39 is 0 Å². The molecular formula is C11H14IN. The molecule has 0 atom stereocenters. The predicted octanol–water partition coefficient (Wildman–Crippen LogP) is 3.50. The summed E-state index contributed by atoms with van der Waals surface area (Å²) in [5, 5.41) is 3.48. The summed E-state index contributed by atoms with van der Waals surface area (Å²) in [6, 6.07) is 8.56. The minimum Gasteiger partial charge on any atom is -0.385 e. The molecule has 1 aliphatic carbocycles. The maximum Gasteiger partial charge on any atom is 0.0350 e. The first-order valence-electron chi connectivity index (χ1n) is 4.84. The summed E-state index contributed by atoms with van der Waals surface area (Å²) in [6.45, 7) is 1.15. The molecule has 70 valence electrons. The second-order valence-corrected chi connectivity index (χ2v) is 4.93. The van der Waals surface area contributed by atoms with Gasteiger partial charge in [-0.1, -0.05) is 12.5 Å². The first-order chi connectivity index (χ1) is 6.34. The molecule has 1 aromatic carbocycles. The smallest absolute Gasteiger partial charge is 0.0350 e. The standard InChI is InChI=1S/C11H14IN/c12-10-5-2-6-11(7-10)13-8-9-3-1-4-9/h2,5-7,9,13H,1,3-4,8H2. The molecule has 1 fully saturated rings. The van der Waals surface area contributed by atoms with E-state index in [-0.39, 0.29) is 0 Å². The first-order valence-corrected chi connectivity index (χ1v) is 5.92. The third-order valence-electron chi connectivity index (χ3n) is 2.64. The maximum atomic E-state index is 3.48. The van der Waals surface area contributed by atoms with E-state index in [0.717, 1.165) is 12.5 Å². The fourth-order valence-corrected chi connectivity index (χ4v) is 2.10. The molecular weight excluding hydrogens is 273 g/mol. The van der Waals surface area contributed by atoms with Crippen LogP contribution in [0.3, 0.4) is 0 Å². The molecule has 0 saturated heterocycles. The average molecular weight is 287 g/mol. The molecule has 0 bridgehead atoms. The van der Waals surface area contributed by atoms with Crippen LogP contribution >= 0.6 is 22.6 Å². The first kappa shape index (κ1) is 9.31. The fraction of sp³-hybridized carbons (Fsp3) is 0.455. The van der Waals surface area contributed by atoms with Gasteiger partial charge in [-0.2, -0.15) is 0 Å².